The van der Waals surface area contributed by atoms with Crippen molar-refractivity contribution in [3.63, 3.8) is 0 Å². The third kappa shape index (κ3) is 3.58. The second-order valence-corrected chi connectivity index (χ2v) is 7.07. The Hall–Kier alpha value is -1.48. The largest absolute Gasteiger partial charge is 1.00 e. The summed E-state index contributed by atoms with van der Waals surface area (Å²) in [5.74, 6) is -1.16. The van der Waals surface area contributed by atoms with Crippen LogP contribution in [0.25, 0.3) is 16.6 Å². The van der Waals surface area contributed by atoms with Gasteiger partial charge in [0.15, 0.2) is 0 Å². The van der Waals surface area contributed by atoms with Crippen LogP contribution in [0.2, 0.25) is 0 Å². The number of aromatic carboxylic acids is 1. The van der Waals surface area contributed by atoms with Crippen LogP contribution in [0.15, 0.2) is 41.3 Å². The topological polar surface area (TPSA) is 114 Å². The Bertz CT molecular complexity index is 1150. The molecule has 4 N–H and O–H groups in total. The number of carboxylic acid groups (broad SMARTS) is 1. The first-order valence-electron chi connectivity index (χ1n) is 8.91. The van der Waals surface area contributed by atoms with Crippen molar-refractivity contribution in [2.75, 3.05) is 5.73 Å². The number of carbonyl (C=O) groups excluding carboxylic acids is 1. The molecule has 3 aromatic rings. The van der Waals surface area contributed by atoms with Crippen molar-refractivity contribution in [2.45, 2.75) is 32.2 Å². The van der Waals surface area contributed by atoms with Gasteiger partial charge in [0.25, 0.3) is 5.56 Å². The molecule has 1 aromatic carbocycles. The van der Waals surface area contributed by atoms with Gasteiger partial charge in [-0.3, -0.25) is 9.20 Å². The summed E-state index contributed by atoms with van der Waals surface area (Å²) in [6, 6.07) is 9.03. The predicted octanol–water partition coefficient (Wildman–Crippen LogP) is -1.44. The maximum absolute atomic E-state index is 12.6. The Morgan fingerprint density at radius 1 is 1.25 bits per heavy atom. The van der Waals surface area contributed by atoms with Crippen molar-refractivity contribution in [1.29, 1.82) is 0 Å². The average molecular weight is 402 g/mol. The van der Waals surface area contributed by atoms with Crippen LogP contribution >= 0.6 is 0 Å². The molecule has 138 valence electrons. The predicted molar refractivity (Wildman–Crippen MR) is 102 cm³/mol. The van der Waals surface area contributed by atoms with E-state index < -0.39 is 11.5 Å². The van der Waals surface area contributed by atoms with Crippen LogP contribution in [0.3, 0.4) is 0 Å². The van der Waals surface area contributed by atoms with Gasteiger partial charge in [-0.15, -0.1) is 0 Å². The van der Waals surface area contributed by atoms with E-state index in [1.807, 2.05) is 31.2 Å². The van der Waals surface area contributed by atoms with Gasteiger partial charge in [0.05, 0.1) is 17.0 Å². The van der Waals surface area contributed by atoms with Gasteiger partial charge >= 0.3 is 51.4 Å². The van der Waals surface area contributed by atoms with E-state index in [0.29, 0.717) is 12.2 Å². The molecular weight excluding hydrogens is 381 g/mol. The molecule has 1 saturated carbocycles. The van der Waals surface area contributed by atoms with Crippen molar-refractivity contribution < 1.29 is 61.3 Å². The minimum Gasteiger partial charge on any atom is -0.545 e. The number of carbonyl (C=O) groups is 1. The summed E-state index contributed by atoms with van der Waals surface area (Å²) in [5, 5.41) is 11.4. The Labute approximate surface area is 205 Å². The average Bonchev–Trinajstić information content (AvgIpc) is 3.48. The molecular formula is C21H20KN3O3. The second kappa shape index (κ2) is 8.10. The first-order chi connectivity index (χ1) is 12.9. The molecule has 28 heavy (non-hydrogen) atoms. The van der Waals surface area contributed by atoms with Crippen LogP contribution in [0.1, 0.15) is 45.8 Å². The normalized spacial score (nSPS) is 13.4. The first kappa shape index (κ1) is 21.2. The molecule has 2 heterocycles. The molecule has 4 rings (SSSR count). The molecule has 0 aliphatic heterocycles. The molecule has 0 radical (unpaired) electrons. The summed E-state index contributed by atoms with van der Waals surface area (Å²) in [4.78, 5) is 24.0. The van der Waals surface area contributed by atoms with Crippen molar-refractivity contribution in [3.8, 4) is 11.1 Å². The summed E-state index contributed by atoms with van der Waals surface area (Å²) in [7, 11) is 0. The molecule has 0 saturated heterocycles. The molecule has 1 aliphatic carbocycles. The number of rotatable bonds is 4. The summed E-state index contributed by atoms with van der Waals surface area (Å²) in [6.07, 6.45) is 3.61. The van der Waals surface area contributed by atoms with E-state index in [9.17, 15) is 14.7 Å². The quantitative estimate of drug-likeness (QED) is 0.411. The second-order valence-electron chi connectivity index (χ2n) is 7.07. The molecule has 1 fully saturated rings. The van der Waals surface area contributed by atoms with Crippen LogP contribution in [0.5, 0.6) is 0 Å². The number of aryl methyl sites for hydroxylation is 1. The number of benzene rings is 1. The molecule has 0 spiro atoms. The maximum Gasteiger partial charge on any atom is 1.00 e. The Kier molecular flexibility index (Phi) is 6.14. The molecule has 0 unspecified atom stereocenters. The van der Waals surface area contributed by atoms with Gasteiger partial charge in [-0.05, 0) is 77.8 Å². The zero-order valence-corrected chi connectivity index (χ0v) is 19.1. The summed E-state index contributed by atoms with van der Waals surface area (Å²) >= 11 is 0. The Balaban J connectivity index is 0.00000225. The number of fused-ring (bicyclic) bond motifs is 1. The molecule has 1 aliphatic rings. The molecule has 7 heteroatoms. The fraction of sp³-hybridized carbons (Fsp3) is 0.238. The van der Waals surface area contributed by atoms with Crippen molar-refractivity contribution >= 4 is 17.2 Å². The van der Waals surface area contributed by atoms with E-state index in [-0.39, 0.29) is 62.9 Å². The third-order valence-electron chi connectivity index (χ3n) is 5.32. The van der Waals surface area contributed by atoms with Crippen molar-refractivity contribution in [1.82, 2.24) is 4.40 Å². The van der Waals surface area contributed by atoms with Crippen molar-refractivity contribution in [2.24, 2.45) is 5.73 Å². The van der Waals surface area contributed by atoms with E-state index >= 15 is 0 Å². The first-order valence-corrected chi connectivity index (χ1v) is 8.91. The third-order valence-corrected chi connectivity index (χ3v) is 5.32. The van der Waals surface area contributed by atoms with Gasteiger partial charge in [0.2, 0.25) is 0 Å². The van der Waals surface area contributed by atoms with Crippen molar-refractivity contribution in [3.05, 3.63) is 69.1 Å². The number of nitrogens with two attached hydrogens (primary N) is 2. The standard InChI is InChI=1S/C21H21N3O3.K/c1-11-15(13-4-5-18(23)14(8-13)10-22)6-7-24-19(11)16(12-2-3-12)9-17(20(24)25)21(26)27;/h4-9,12H,2-3,10,22-23H2,1H3,(H,26,27);/q;+1/p-1. The molecule has 0 amide bonds. The Morgan fingerprint density at radius 2 is 1.96 bits per heavy atom. The van der Waals surface area contributed by atoms with Crippen LogP contribution in [-0.2, 0) is 6.54 Å². The fourth-order valence-electron chi connectivity index (χ4n) is 3.71. The maximum atomic E-state index is 12.6. The Morgan fingerprint density at radius 3 is 2.57 bits per heavy atom. The minimum atomic E-state index is -1.44. The van der Waals surface area contributed by atoms with Gasteiger partial charge in [0, 0.05) is 18.4 Å². The zero-order chi connectivity index (χ0) is 19.3. The fourth-order valence-corrected chi connectivity index (χ4v) is 3.71. The van der Waals surface area contributed by atoms with Gasteiger partial charge in [-0.1, -0.05) is 6.07 Å². The van der Waals surface area contributed by atoms with Gasteiger partial charge < -0.3 is 21.4 Å². The molecule has 0 atom stereocenters. The van der Waals surface area contributed by atoms with Crippen LogP contribution in [-0.4, -0.2) is 10.4 Å². The van der Waals surface area contributed by atoms with E-state index in [1.165, 1.54) is 10.5 Å². The smallest absolute Gasteiger partial charge is 0.545 e. The minimum absolute atomic E-state index is 0. The van der Waals surface area contributed by atoms with Gasteiger partial charge in [-0.2, -0.15) is 0 Å². The number of anilines is 1. The number of hydrogen-bond donors (Lipinski definition) is 2. The number of pyridine rings is 2. The van der Waals surface area contributed by atoms with Gasteiger partial charge in [0.1, 0.15) is 0 Å². The van der Waals surface area contributed by atoms with E-state index in [0.717, 1.165) is 46.2 Å². The van der Waals surface area contributed by atoms with E-state index in [4.69, 9.17) is 11.5 Å². The number of carboxylic acids is 1. The molecule has 0 bridgehead atoms. The number of aromatic nitrogens is 1. The van der Waals surface area contributed by atoms with Crippen LogP contribution < -0.4 is 73.5 Å². The summed E-state index contributed by atoms with van der Waals surface area (Å²) in [6.45, 7) is 2.29. The monoisotopic (exact) mass is 401 g/mol. The summed E-state index contributed by atoms with van der Waals surface area (Å²) < 4.78 is 1.43. The zero-order valence-electron chi connectivity index (χ0n) is 16.0. The van der Waals surface area contributed by atoms with Crippen LogP contribution in [0, 0.1) is 6.92 Å². The number of hydrogen-bond acceptors (Lipinski definition) is 5. The number of nitrogen functional groups attached to an aromatic ring is 1. The SMILES string of the molecule is Cc1c(-c2ccc(N)c(CN)c2)ccn2c(=O)c(C(=O)[O-])cc(C3CC3)c12.[K+]. The van der Waals surface area contributed by atoms with E-state index in [2.05, 4.69) is 0 Å². The summed E-state index contributed by atoms with van der Waals surface area (Å²) in [5.41, 5.74) is 16.9. The van der Waals surface area contributed by atoms with E-state index in [1.54, 1.807) is 6.20 Å². The van der Waals surface area contributed by atoms with Crippen LogP contribution in [0.4, 0.5) is 5.69 Å². The molecule has 6 nitrogen and oxygen atoms in total. The van der Waals surface area contributed by atoms with Gasteiger partial charge in [-0.25, -0.2) is 0 Å². The number of nitrogens with zero attached hydrogens (tertiary/aromatic N) is 1. The molecule has 2 aromatic heterocycles.